The van der Waals surface area contributed by atoms with Crippen LogP contribution in [0.4, 0.5) is 11.4 Å². The van der Waals surface area contributed by atoms with Crippen LogP contribution in [-0.2, 0) is 4.79 Å². The molecule has 2 aromatic rings. The van der Waals surface area contributed by atoms with Gasteiger partial charge in [0.25, 0.3) is 11.6 Å². The summed E-state index contributed by atoms with van der Waals surface area (Å²) in [7, 11) is 0. The van der Waals surface area contributed by atoms with Gasteiger partial charge in [0, 0.05) is 11.8 Å². The van der Waals surface area contributed by atoms with Crippen LogP contribution < -0.4 is 10.1 Å². The minimum Gasteiger partial charge on any atom is -0.484 e. The van der Waals surface area contributed by atoms with E-state index in [0.717, 1.165) is 0 Å². The van der Waals surface area contributed by atoms with Crippen LogP contribution in [0.3, 0.4) is 0 Å². The molecule has 0 atom stereocenters. The Morgan fingerprint density at radius 3 is 2.48 bits per heavy atom. The number of nitrogens with one attached hydrogen (secondary N) is 1. The number of nitrogens with zero attached hydrogens (tertiary/aromatic N) is 1. The molecule has 1 amide bonds. The van der Waals surface area contributed by atoms with Crippen molar-refractivity contribution in [3.05, 3.63) is 62.7 Å². The summed E-state index contributed by atoms with van der Waals surface area (Å²) in [6.45, 7) is 5.68. The van der Waals surface area contributed by atoms with E-state index in [1.54, 1.807) is 6.92 Å². The number of nitro benzene ring substituents is 1. The summed E-state index contributed by atoms with van der Waals surface area (Å²) >= 11 is 5.87. The molecule has 0 aliphatic heterocycles. The van der Waals surface area contributed by atoms with E-state index >= 15 is 0 Å². The second-order valence-corrected chi connectivity index (χ2v) is 6.34. The molecule has 0 bridgehead atoms. The predicted octanol–water partition coefficient (Wildman–Crippen LogP) is 4.70. The second kappa shape index (κ2) is 7.98. The van der Waals surface area contributed by atoms with Crippen molar-refractivity contribution < 1.29 is 14.5 Å². The number of nitro groups is 1. The van der Waals surface area contributed by atoms with E-state index in [1.807, 2.05) is 24.3 Å². The average molecular weight is 363 g/mol. The molecule has 6 nitrogen and oxygen atoms in total. The number of benzene rings is 2. The molecule has 1 N–H and O–H groups in total. The summed E-state index contributed by atoms with van der Waals surface area (Å²) in [5.74, 6) is 0.645. The van der Waals surface area contributed by atoms with E-state index in [2.05, 4.69) is 19.2 Å². The molecule has 132 valence electrons. The van der Waals surface area contributed by atoms with E-state index in [9.17, 15) is 14.9 Å². The molecule has 0 aromatic heterocycles. The Morgan fingerprint density at radius 2 is 1.92 bits per heavy atom. The minimum absolute atomic E-state index is 0.0314. The summed E-state index contributed by atoms with van der Waals surface area (Å²) in [6, 6.07) is 10.2. The van der Waals surface area contributed by atoms with Crippen molar-refractivity contribution >= 4 is 28.9 Å². The van der Waals surface area contributed by atoms with Gasteiger partial charge in [-0.15, -0.1) is 0 Å². The van der Waals surface area contributed by atoms with Crippen molar-refractivity contribution in [2.75, 3.05) is 11.9 Å². The molecular formula is C18H19ClN2O4. The van der Waals surface area contributed by atoms with Crippen molar-refractivity contribution in [2.24, 2.45) is 0 Å². The van der Waals surface area contributed by atoms with Gasteiger partial charge in [-0.25, -0.2) is 0 Å². The lowest BCUT2D eigenvalue weighted by atomic mass is 10.0. The Morgan fingerprint density at radius 1 is 1.28 bits per heavy atom. The van der Waals surface area contributed by atoms with Crippen molar-refractivity contribution in [3.8, 4) is 5.75 Å². The number of hydrogen-bond donors (Lipinski definition) is 1. The lowest BCUT2D eigenvalue weighted by Gasteiger charge is -2.11. The van der Waals surface area contributed by atoms with Gasteiger partial charge in [-0.05, 0) is 42.2 Å². The van der Waals surface area contributed by atoms with E-state index < -0.39 is 4.92 Å². The van der Waals surface area contributed by atoms with Crippen LogP contribution in [0.2, 0.25) is 5.02 Å². The number of halogens is 1. The first-order valence-electron chi connectivity index (χ1n) is 7.75. The van der Waals surface area contributed by atoms with Crippen molar-refractivity contribution in [1.29, 1.82) is 0 Å². The van der Waals surface area contributed by atoms with Crippen LogP contribution in [0.25, 0.3) is 0 Å². The van der Waals surface area contributed by atoms with Gasteiger partial charge in [0.1, 0.15) is 10.8 Å². The highest BCUT2D eigenvalue weighted by molar-refractivity contribution is 6.33. The highest BCUT2D eigenvalue weighted by atomic mass is 35.5. The Labute approximate surface area is 150 Å². The fourth-order valence-electron chi connectivity index (χ4n) is 2.22. The van der Waals surface area contributed by atoms with Gasteiger partial charge in [-0.1, -0.05) is 37.6 Å². The zero-order chi connectivity index (χ0) is 18.6. The molecular weight excluding hydrogens is 344 g/mol. The first-order chi connectivity index (χ1) is 11.8. The summed E-state index contributed by atoms with van der Waals surface area (Å²) < 4.78 is 5.45. The summed E-state index contributed by atoms with van der Waals surface area (Å²) in [6.07, 6.45) is 0. The zero-order valence-electron chi connectivity index (χ0n) is 14.2. The van der Waals surface area contributed by atoms with E-state index in [4.69, 9.17) is 16.3 Å². The highest BCUT2D eigenvalue weighted by Crippen LogP contribution is 2.30. The number of amides is 1. The molecule has 0 aliphatic carbocycles. The number of carbonyl (C=O) groups is 1. The number of carbonyl (C=O) groups excluding carboxylic acids is 1. The fourth-order valence-corrected chi connectivity index (χ4v) is 2.46. The van der Waals surface area contributed by atoms with Crippen LogP contribution >= 0.6 is 11.6 Å². The molecule has 0 radical (unpaired) electrons. The quantitative estimate of drug-likeness (QED) is 0.596. The summed E-state index contributed by atoms with van der Waals surface area (Å²) in [4.78, 5) is 22.3. The van der Waals surface area contributed by atoms with Gasteiger partial charge in [0.2, 0.25) is 0 Å². The van der Waals surface area contributed by atoms with Crippen LogP contribution in [0.5, 0.6) is 5.75 Å². The van der Waals surface area contributed by atoms with E-state index in [0.29, 0.717) is 22.9 Å². The summed E-state index contributed by atoms with van der Waals surface area (Å²) in [5.41, 5.74) is 1.96. The number of anilines is 1. The van der Waals surface area contributed by atoms with Crippen molar-refractivity contribution in [1.82, 2.24) is 0 Å². The third-order valence-corrected chi connectivity index (χ3v) is 3.98. The van der Waals surface area contributed by atoms with Gasteiger partial charge < -0.3 is 10.1 Å². The molecule has 0 saturated carbocycles. The van der Waals surface area contributed by atoms with Crippen LogP contribution in [0.15, 0.2) is 36.4 Å². The fraction of sp³-hybridized carbons (Fsp3) is 0.278. The van der Waals surface area contributed by atoms with E-state index in [-0.39, 0.29) is 23.2 Å². The van der Waals surface area contributed by atoms with E-state index in [1.165, 1.54) is 17.7 Å². The number of aryl methyl sites for hydroxylation is 1. The van der Waals surface area contributed by atoms with Gasteiger partial charge in [-0.3, -0.25) is 14.9 Å². The lowest BCUT2D eigenvalue weighted by Crippen LogP contribution is -2.20. The second-order valence-electron chi connectivity index (χ2n) is 5.94. The predicted molar refractivity (Wildman–Crippen MR) is 97.5 cm³/mol. The monoisotopic (exact) mass is 362 g/mol. The molecule has 0 saturated heterocycles. The molecule has 0 heterocycles. The first-order valence-corrected chi connectivity index (χ1v) is 8.13. The van der Waals surface area contributed by atoms with Gasteiger partial charge in [0.05, 0.1) is 4.92 Å². The van der Waals surface area contributed by atoms with Crippen LogP contribution in [-0.4, -0.2) is 17.4 Å². The van der Waals surface area contributed by atoms with Gasteiger partial charge >= 0.3 is 0 Å². The van der Waals surface area contributed by atoms with Crippen LogP contribution in [0.1, 0.15) is 30.9 Å². The van der Waals surface area contributed by atoms with Gasteiger partial charge in [0.15, 0.2) is 6.61 Å². The normalized spacial score (nSPS) is 10.6. The standard InChI is InChI=1S/C18H19ClN2O4/c1-11(2)13-4-6-14(7-5-13)25-10-18(22)20-16-9-15(19)17(21(23)24)8-12(16)3/h4-9,11H,10H2,1-3H3,(H,20,22). The first kappa shape index (κ1) is 18.7. The maximum atomic E-state index is 12.0. The van der Waals surface area contributed by atoms with Gasteiger partial charge in [-0.2, -0.15) is 0 Å². The number of hydrogen-bond acceptors (Lipinski definition) is 4. The Hall–Kier alpha value is -2.60. The highest BCUT2D eigenvalue weighted by Gasteiger charge is 2.16. The minimum atomic E-state index is -0.565. The van der Waals surface area contributed by atoms with Crippen molar-refractivity contribution in [2.45, 2.75) is 26.7 Å². The third-order valence-electron chi connectivity index (χ3n) is 3.68. The molecule has 2 aromatic carbocycles. The summed E-state index contributed by atoms with van der Waals surface area (Å²) in [5, 5.41) is 13.5. The molecule has 0 unspecified atom stereocenters. The van der Waals surface area contributed by atoms with Crippen LogP contribution in [0, 0.1) is 17.0 Å². The molecule has 25 heavy (non-hydrogen) atoms. The molecule has 0 fully saturated rings. The number of rotatable bonds is 6. The SMILES string of the molecule is Cc1cc([N+](=O)[O-])c(Cl)cc1NC(=O)COc1ccc(C(C)C)cc1. The maximum Gasteiger partial charge on any atom is 0.288 e. The smallest absolute Gasteiger partial charge is 0.288 e. The number of ether oxygens (including phenoxy) is 1. The average Bonchev–Trinajstić information content (AvgIpc) is 2.56. The maximum absolute atomic E-state index is 12.0. The Kier molecular flexibility index (Phi) is 5.98. The Bertz CT molecular complexity index is 788. The third kappa shape index (κ3) is 4.93. The lowest BCUT2D eigenvalue weighted by molar-refractivity contribution is -0.384. The molecule has 0 spiro atoms. The zero-order valence-corrected chi connectivity index (χ0v) is 15.0. The molecule has 2 rings (SSSR count). The molecule has 7 heteroatoms. The van der Waals surface area contributed by atoms with Crippen molar-refractivity contribution in [3.63, 3.8) is 0 Å². The molecule has 0 aliphatic rings. The topological polar surface area (TPSA) is 81.5 Å². The Balaban J connectivity index is 1.98. The largest absolute Gasteiger partial charge is 0.484 e.